The van der Waals surface area contributed by atoms with Crippen LogP contribution in [0, 0.1) is 13.8 Å². The van der Waals surface area contributed by atoms with Gasteiger partial charge in [-0.2, -0.15) is 9.98 Å². The summed E-state index contributed by atoms with van der Waals surface area (Å²) in [5, 5.41) is 0. The summed E-state index contributed by atoms with van der Waals surface area (Å²) < 4.78 is 19.6. The summed E-state index contributed by atoms with van der Waals surface area (Å²) in [7, 11) is 0. The van der Waals surface area contributed by atoms with Crippen molar-refractivity contribution in [2.75, 3.05) is 6.61 Å². The van der Waals surface area contributed by atoms with Crippen molar-refractivity contribution in [3.8, 4) is 17.2 Å². The molecule has 5 nitrogen and oxygen atoms in total. The molecule has 0 amide bonds. The van der Waals surface area contributed by atoms with Gasteiger partial charge in [0.25, 0.3) is 0 Å². The predicted molar refractivity (Wildman–Crippen MR) is 147 cm³/mol. The first-order valence-electron chi connectivity index (χ1n) is 12.6. The average Bonchev–Trinajstić information content (AvgIpc) is 2.95. The normalized spacial score (nSPS) is 15.5. The van der Waals surface area contributed by atoms with Gasteiger partial charge in [0.05, 0.1) is 5.69 Å². The van der Waals surface area contributed by atoms with Gasteiger partial charge in [-0.05, 0) is 73.7 Å². The molecule has 0 aromatic heterocycles. The van der Waals surface area contributed by atoms with Gasteiger partial charge in [-0.25, -0.2) is 0 Å². The number of hydrogen-bond acceptors (Lipinski definition) is 5. The first-order valence-corrected chi connectivity index (χ1v) is 12.6. The topological polar surface area (TPSA) is 52.4 Å². The quantitative estimate of drug-likeness (QED) is 0.279. The summed E-state index contributed by atoms with van der Waals surface area (Å²) in [5.41, 5.74) is 4.77. The Morgan fingerprint density at radius 3 is 2.19 bits per heavy atom. The molecule has 0 aliphatic carbocycles. The first kappa shape index (κ1) is 24.4. The Kier molecular flexibility index (Phi) is 7.63. The molecule has 2 atom stereocenters. The van der Waals surface area contributed by atoms with E-state index < -0.39 is 0 Å². The number of aliphatic imine (C=N–C) groups is 2. The molecule has 0 saturated heterocycles. The molecule has 0 N–H and O–H groups in total. The second kappa shape index (κ2) is 11.6. The Bertz CT molecular complexity index is 1420. The van der Waals surface area contributed by atoms with E-state index in [1.165, 1.54) is 0 Å². The summed E-state index contributed by atoms with van der Waals surface area (Å²) in [4.78, 5) is 8.97. The van der Waals surface area contributed by atoms with Crippen LogP contribution >= 0.6 is 0 Å². The Balaban J connectivity index is 1.52. The Hall–Kier alpha value is -4.34. The van der Waals surface area contributed by atoms with Gasteiger partial charge < -0.3 is 14.2 Å². The fraction of sp³-hybridized carbons (Fsp3) is 0.219. The highest BCUT2D eigenvalue weighted by atomic mass is 16.6. The number of aryl methyl sites for hydroxylation is 3. The molecule has 37 heavy (non-hydrogen) atoms. The van der Waals surface area contributed by atoms with Crippen molar-refractivity contribution in [2.45, 2.75) is 38.9 Å². The zero-order valence-corrected chi connectivity index (χ0v) is 21.1. The smallest absolute Gasteiger partial charge is 0.169 e. The number of benzene rings is 4. The van der Waals surface area contributed by atoms with Gasteiger partial charge in [0.1, 0.15) is 41.7 Å². The van der Waals surface area contributed by atoms with Crippen molar-refractivity contribution in [3.05, 3.63) is 114 Å². The summed E-state index contributed by atoms with van der Waals surface area (Å²) in [5.74, 6) is 2.31. The van der Waals surface area contributed by atoms with E-state index in [-0.39, 0.29) is 12.2 Å². The molecule has 5 rings (SSSR count). The van der Waals surface area contributed by atoms with E-state index in [9.17, 15) is 0 Å². The molecule has 0 bridgehead atoms. The molecular formula is C32H30N2O3. The zero-order valence-electron chi connectivity index (χ0n) is 21.1. The molecule has 5 heteroatoms. The molecule has 186 valence electrons. The first-order chi connectivity index (χ1) is 18.2. The van der Waals surface area contributed by atoms with Crippen LogP contribution in [-0.4, -0.2) is 24.8 Å². The highest BCUT2D eigenvalue weighted by Gasteiger charge is 2.28. The number of hydrogen-bond donors (Lipinski definition) is 0. The van der Waals surface area contributed by atoms with Crippen molar-refractivity contribution in [1.82, 2.24) is 0 Å². The maximum Gasteiger partial charge on any atom is 0.169 e. The van der Waals surface area contributed by atoms with Crippen LogP contribution in [0.25, 0.3) is 0 Å². The van der Waals surface area contributed by atoms with Crippen LogP contribution in [0.3, 0.4) is 0 Å². The molecule has 0 fully saturated rings. The summed E-state index contributed by atoms with van der Waals surface area (Å²) in [6, 6.07) is 34.7. The molecule has 0 radical (unpaired) electrons. The third kappa shape index (κ3) is 6.08. The molecule has 2 unspecified atom stereocenters. The Morgan fingerprint density at radius 1 is 0.784 bits per heavy atom. The van der Waals surface area contributed by atoms with Gasteiger partial charge in [0, 0.05) is 0 Å². The van der Waals surface area contributed by atoms with Crippen LogP contribution < -0.4 is 14.2 Å². The Morgan fingerprint density at radius 2 is 1.41 bits per heavy atom. The van der Waals surface area contributed by atoms with Gasteiger partial charge in [-0.3, -0.25) is 0 Å². The van der Waals surface area contributed by atoms with E-state index in [0.29, 0.717) is 24.5 Å². The molecule has 4 aromatic carbocycles. The lowest BCUT2D eigenvalue weighted by molar-refractivity contribution is 0.0184. The van der Waals surface area contributed by atoms with Crippen LogP contribution in [0.5, 0.6) is 17.2 Å². The number of rotatable bonds is 6. The van der Waals surface area contributed by atoms with Crippen molar-refractivity contribution in [2.24, 2.45) is 9.98 Å². The largest absolute Gasteiger partial charge is 0.489 e. The van der Waals surface area contributed by atoms with Crippen molar-refractivity contribution in [1.29, 1.82) is 0 Å². The maximum absolute atomic E-state index is 6.66. The minimum atomic E-state index is -0.383. The lowest BCUT2D eigenvalue weighted by Crippen LogP contribution is -2.41. The van der Waals surface area contributed by atoms with E-state index in [1.807, 2.05) is 105 Å². The second-order valence-corrected chi connectivity index (χ2v) is 9.11. The Labute approximate surface area is 218 Å². The SMILES string of the molecule is Cc1ccccc1OCC(Oc1ccccc1C)C1CCc2ccccc2N=C=Nc2ccccc2O1. The third-order valence-electron chi connectivity index (χ3n) is 6.46. The van der Waals surface area contributed by atoms with Crippen LogP contribution in [0.4, 0.5) is 11.4 Å². The molecule has 1 aliphatic rings. The van der Waals surface area contributed by atoms with Crippen molar-refractivity contribution < 1.29 is 14.2 Å². The molecular weight excluding hydrogens is 460 g/mol. The molecule has 4 aromatic rings. The van der Waals surface area contributed by atoms with Crippen LogP contribution in [0.2, 0.25) is 0 Å². The summed E-state index contributed by atoms with van der Waals surface area (Å²) >= 11 is 0. The van der Waals surface area contributed by atoms with Gasteiger partial charge in [-0.1, -0.05) is 66.7 Å². The highest BCUT2D eigenvalue weighted by molar-refractivity contribution is 5.63. The van der Waals surface area contributed by atoms with Crippen LogP contribution in [0.15, 0.2) is 107 Å². The summed E-state index contributed by atoms with van der Waals surface area (Å²) in [6.07, 6.45) is 0.762. The van der Waals surface area contributed by atoms with E-state index in [1.54, 1.807) is 0 Å². The second-order valence-electron chi connectivity index (χ2n) is 9.11. The average molecular weight is 491 g/mol. The number of fused-ring (bicyclic) bond motifs is 2. The highest BCUT2D eigenvalue weighted by Crippen LogP contribution is 2.32. The van der Waals surface area contributed by atoms with E-state index in [2.05, 4.69) is 22.1 Å². The monoisotopic (exact) mass is 490 g/mol. The van der Waals surface area contributed by atoms with E-state index >= 15 is 0 Å². The van der Waals surface area contributed by atoms with Gasteiger partial charge in [0.15, 0.2) is 6.10 Å². The van der Waals surface area contributed by atoms with Gasteiger partial charge in [0.2, 0.25) is 0 Å². The maximum atomic E-state index is 6.66. The third-order valence-corrected chi connectivity index (χ3v) is 6.46. The zero-order chi connectivity index (χ0) is 25.5. The minimum Gasteiger partial charge on any atom is -0.489 e. The standard InChI is InChI=1S/C32H30N2O3/c1-23-11-3-8-16-28(23)35-21-32(36-29-17-9-4-12-24(29)2)31-20-19-25-13-5-6-14-26(25)33-22-34-27-15-7-10-18-30(27)37-31/h3-18,31-32H,19-21H2,1-2H3. The van der Waals surface area contributed by atoms with Crippen LogP contribution in [0.1, 0.15) is 23.1 Å². The number of para-hydroxylation sites is 5. The fourth-order valence-electron chi connectivity index (χ4n) is 4.35. The van der Waals surface area contributed by atoms with Gasteiger partial charge in [-0.15, -0.1) is 0 Å². The van der Waals surface area contributed by atoms with E-state index in [0.717, 1.165) is 40.3 Å². The molecule has 0 saturated carbocycles. The van der Waals surface area contributed by atoms with Gasteiger partial charge >= 0.3 is 0 Å². The molecule has 1 heterocycles. The molecule has 0 spiro atoms. The minimum absolute atomic E-state index is 0.314. The van der Waals surface area contributed by atoms with Crippen molar-refractivity contribution in [3.63, 3.8) is 0 Å². The number of ether oxygens (including phenoxy) is 3. The fourth-order valence-corrected chi connectivity index (χ4v) is 4.35. The predicted octanol–water partition coefficient (Wildman–Crippen LogP) is 7.66. The van der Waals surface area contributed by atoms with Crippen molar-refractivity contribution >= 4 is 17.4 Å². The van der Waals surface area contributed by atoms with E-state index in [4.69, 9.17) is 14.2 Å². The van der Waals surface area contributed by atoms with Crippen LogP contribution in [-0.2, 0) is 6.42 Å². The lowest BCUT2D eigenvalue weighted by Gasteiger charge is -2.30. The lowest BCUT2D eigenvalue weighted by atomic mass is 10.0. The number of nitrogens with zero attached hydrogens (tertiary/aromatic N) is 2. The molecule has 1 aliphatic heterocycles. The summed E-state index contributed by atoms with van der Waals surface area (Å²) in [6.45, 7) is 4.42.